The van der Waals surface area contributed by atoms with Gasteiger partial charge in [-0.2, -0.15) is 11.8 Å². The number of carbonyl (C=O) groups excluding carboxylic acids is 1. The SMILES string of the molecule is COC(=O)C(C)CSCc1occc1C. The first kappa shape index (κ1) is 12.2. The van der Waals surface area contributed by atoms with Crippen LogP contribution in [-0.4, -0.2) is 18.8 Å². The fourth-order valence-electron chi connectivity index (χ4n) is 1.15. The minimum Gasteiger partial charge on any atom is -0.469 e. The van der Waals surface area contributed by atoms with Crippen LogP contribution in [0.1, 0.15) is 18.2 Å². The van der Waals surface area contributed by atoms with Crippen molar-refractivity contribution < 1.29 is 13.9 Å². The third-order valence-corrected chi connectivity index (χ3v) is 3.37. The van der Waals surface area contributed by atoms with Gasteiger partial charge in [0.15, 0.2) is 0 Å². The molecule has 0 saturated heterocycles. The summed E-state index contributed by atoms with van der Waals surface area (Å²) in [5.41, 5.74) is 1.16. The number of ether oxygens (including phenoxy) is 1. The molecule has 0 amide bonds. The molecule has 0 saturated carbocycles. The molecule has 0 bridgehead atoms. The Bertz CT molecular complexity index is 319. The van der Waals surface area contributed by atoms with Crippen molar-refractivity contribution >= 4 is 17.7 Å². The van der Waals surface area contributed by atoms with Crippen molar-refractivity contribution in [1.29, 1.82) is 0 Å². The Kier molecular flexibility index (Phi) is 4.75. The van der Waals surface area contributed by atoms with E-state index in [1.165, 1.54) is 7.11 Å². The average Bonchev–Trinajstić information content (AvgIpc) is 2.63. The predicted molar refractivity (Wildman–Crippen MR) is 60.8 cm³/mol. The van der Waals surface area contributed by atoms with Gasteiger partial charge >= 0.3 is 5.97 Å². The lowest BCUT2D eigenvalue weighted by Gasteiger charge is -2.07. The van der Waals surface area contributed by atoms with E-state index in [0.717, 1.165) is 22.8 Å². The largest absolute Gasteiger partial charge is 0.469 e. The molecular weight excluding hydrogens is 212 g/mol. The number of rotatable bonds is 5. The number of esters is 1. The summed E-state index contributed by atoms with van der Waals surface area (Å²) >= 11 is 1.68. The third-order valence-electron chi connectivity index (χ3n) is 2.17. The van der Waals surface area contributed by atoms with Gasteiger partial charge < -0.3 is 9.15 Å². The quantitative estimate of drug-likeness (QED) is 0.726. The van der Waals surface area contributed by atoms with E-state index in [1.807, 2.05) is 19.9 Å². The second-order valence-corrected chi connectivity index (χ2v) is 4.50. The number of furan rings is 1. The van der Waals surface area contributed by atoms with E-state index in [2.05, 4.69) is 4.74 Å². The van der Waals surface area contributed by atoms with Gasteiger partial charge in [-0.05, 0) is 18.6 Å². The summed E-state index contributed by atoms with van der Waals surface area (Å²) in [6.07, 6.45) is 1.69. The van der Waals surface area contributed by atoms with Gasteiger partial charge in [0, 0.05) is 5.75 Å². The van der Waals surface area contributed by atoms with Crippen LogP contribution < -0.4 is 0 Å². The molecule has 4 heteroatoms. The Labute approximate surface area is 94.2 Å². The molecule has 0 radical (unpaired) electrons. The van der Waals surface area contributed by atoms with E-state index in [1.54, 1.807) is 18.0 Å². The topological polar surface area (TPSA) is 39.4 Å². The summed E-state index contributed by atoms with van der Waals surface area (Å²) < 4.78 is 9.94. The highest BCUT2D eigenvalue weighted by Crippen LogP contribution is 2.19. The van der Waals surface area contributed by atoms with E-state index in [9.17, 15) is 4.79 Å². The number of hydrogen-bond donors (Lipinski definition) is 0. The first-order valence-corrected chi connectivity index (χ1v) is 5.99. The van der Waals surface area contributed by atoms with Crippen molar-refractivity contribution in [2.45, 2.75) is 19.6 Å². The standard InChI is InChI=1S/C11H16O3S/c1-8-4-5-14-10(8)7-15-6-9(2)11(12)13-3/h4-5,9H,6-7H2,1-3H3. The van der Waals surface area contributed by atoms with Crippen LogP contribution in [0.25, 0.3) is 0 Å². The van der Waals surface area contributed by atoms with Crippen molar-refractivity contribution in [3.8, 4) is 0 Å². The van der Waals surface area contributed by atoms with E-state index in [-0.39, 0.29) is 11.9 Å². The van der Waals surface area contributed by atoms with Crippen LogP contribution >= 0.6 is 11.8 Å². The van der Waals surface area contributed by atoms with Gasteiger partial charge in [0.05, 0.1) is 25.0 Å². The zero-order valence-electron chi connectivity index (χ0n) is 9.28. The molecule has 1 rings (SSSR count). The normalized spacial score (nSPS) is 12.5. The van der Waals surface area contributed by atoms with Crippen LogP contribution in [0, 0.1) is 12.8 Å². The zero-order chi connectivity index (χ0) is 11.3. The summed E-state index contributed by atoms with van der Waals surface area (Å²) in [5.74, 6) is 2.33. The highest BCUT2D eigenvalue weighted by molar-refractivity contribution is 7.98. The lowest BCUT2D eigenvalue weighted by atomic mass is 10.2. The van der Waals surface area contributed by atoms with Gasteiger partial charge in [0.1, 0.15) is 5.76 Å². The third kappa shape index (κ3) is 3.63. The lowest BCUT2D eigenvalue weighted by Crippen LogP contribution is -2.14. The molecular formula is C11H16O3S. The van der Waals surface area contributed by atoms with Crippen LogP contribution in [0.15, 0.2) is 16.7 Å². The Morgan fingerprint density at radius 1 is 1.67 bits per heavy atom. The Morgan fingerprint density at radius 3 is 2.93 bits per heavy atom. The van der Waals surface area contributed by atoms with Gasteiger partial charge in [-0.3, -0.25) is 4.79 Å². The highest BCUT2D eigenvalue weighted by atomic mass is 32.2. The van der Waals surface area contributed by atoms with Crippen LogP contribution in [-0.2, 0) is 15.3 Å². The molecule has 0 spiro atoms. The molecule has 0 aliphatic rings. The Balaban J connectivity index is 2.28. The molecule has 84 valence electrons. The number of methoxy groups -OCH3 is 1. The lowest BCUT2D eigenvalue weighted by molar-refractivity contribution is -0.143. The van der Waals surface area contributed by atoms with Gasteiger partial charge in [-0.15, -0.1) is 0 Å². The second-order valence-electron chi connectivity index (χ2n) is 3.47. The van der Waals surface area contributed by atoms with Gasteiger partial charge in [0.25, 0.3) is 0 Å². The first-order valence-electron chi connectivity index (χ1n) is 4.83. The molecule has 1 aromatic heterocycles. The Hall–Kier alpha value is -0.900. The predicted octanol–water partition coefficient (Wildman–Crippen LogP) is 2.63. The van der Waals surface area contributed by atoms with Crippen molar-refractivity contribution in [1.82, 2.24) is 0 Å². The molecule has 0 N–H and O–H groups in total. The smallest absolute Gasteiger partial charge is 0.309 e. The molecule has 0 fully saturated rings. The van der Waals surface area contributed by atoms with Crippen molar-refractivity contribution in [3.05, 3.63) is 23.7 Å². The summed E-state index contributed by atoms with van der Waals surface area (Å²) in [7, 11) is 1.42. The zero-order valence-corrected chi connectivity index (χ0v) is 10.1. The highest BCUT2D eigenvalue weighted by Gasteiger charge is 2.13. The fraction of sp³-hybridized carbons (Fsp3) is 0.545. The van der Waals surface area contributed by atoms with Crippen molar-refractivity contribution in [2.24, 2.45) is 5.92 Å². The maximum absolute atomic E-state index is 11.1. The van der Waals surface area contributed by atoms with Gasteiger partial charge in [-0.1, -0.05) is 6.92 Å². The molecule has 3 nitrogen and oxygen atoms in total. The molecule has 0 aliphatic carbocycles. The first-order chi connectivity index (χ1) is 7.15. The maximum atomic E-state index is 11.1. The maximum Gasteiger partial charge on any atom is 0.309 e. The van der Waals surface area contributed by atoms with Crippen LogP contribution in [0.4, 0.5) is 0 Å². The fourth-order valence-corrected chi connectivity index (χ4v) is 2.24. The van der Waals surface area contributed by atoms with E-state index >= 15 is 0 Å². The molecule has 0 aromatic carbocycles. The van der Waals surface area contributed by atoms with E-state index < -0.39 is 0 Å². The van der Waals surface area contributed by atoms with Crippen molar-refractivity contribution in [3.63, 3.8) is 0 Å². The number of hydrogen-bond acceptors (Lipinski definition) is 4. The minimum absolute atomic E-state index is 0.0599. The second kappa shape index (κ2) is 5.85. The molecule has 0 aliphatic heterocycles. The van der Waals surface area contributed by atoms with E-state index in [4.69, 9.17) is 4.42 Å². The molecule has 15 heavy (non-hydrogen) atoms. The van der Waals surface area contributed by atoms with E-state index in [0.29, 0.717) is 0 Å². The molecule has 1 atom stereocenters. The average molecular weight is 228 g/mol. The Morgan fingerprint density at radius 2 is 2.40 bits per heavy atom. The summed E-state index contributed by atoms with van der Waals surface area (Å²) in [4.78, 5) is 11.1. The van der Waals surface area contributed by atoms with Crippen LogP contribution in [0.3, 0.4) is 0 Å². The molecule has 1 aromatic rings. The molecule has 1 heterocycles. The number of carbonyl (C=O) groups is 1. The summed E-state index contributed by atoms with van der Waals surface area (Å²) in [6, 6.07) is 1.94. The number of thioether (sulfide) groups is 1. The minimum atomic E-state index is -0.154. The summed E-state index contributed by atoms with van der Waals surface area (Å²) in [6.45, 7) is 3.89. The van der Waals surface area contributed by atoms with Gasteiger partial charge in [0.2, 0.25) is 0 Å². The summed E-state index contributed by atoms with van der Waals surface area (Å²) in [5, 5.41) is 0. The number of aryl methyl sites for hydroxylation is 1. The van der Waals surface area contributed by atoms with Gasteiger partial charge in [-0.25, -0.2) is 0 Å². The molecule has 1 unspecified atom stereocenters. The monoisotopic (exact) mass is 228 g/mol. The van der Waals surface area contributed by atoms with Crippen LogP contribution in [0.2, 0.25) is 0 Å². The van der Waals surface area contributed by atoms with Crippen molar-refractivity contribution in [2.75, 3.05) is 12.9 Å². The van der Waals surface area contributed by atoms with Crippen LogP contribution in [0.5, 0.6) is 0 Å².